The molecule has 1 aromatic heterocycles. The summed E-state index contributed by atoms with van der Waals surface area (Å²) in [7, 11) is -2.09. The summed E-state index contributed by atoms with van der Waals surface area (Å²) in [6, 6.07) is 5.39. The Morgan fingerprint density at radius 3 is 2.52 bits per heavy atom. The molecule has 0 saturated heterocycles. The number of halogens is 1. The molecule has 1 aromatic carbocycles. The van der Waals surface area contributed by atoms with E-state index in [2.05, 4.69) is 10.1 Å². The van der Waals surface area contributed by atoms with Gasteiger partial charge in [0.1, 0.15) is 5.82 Å². The lowest BCUT2D eigenvalue weighted by molar-refractivity contribution is 0.353. The first-order chi connectivity index (χ1) is 10.8. The van der Waals surface area contributed by atoms with Crippen molar-refractivity contribution in [3.05, 3.63) is 47.4 Å². The molecule has 0 aliphatic rings. The monoisotopic (exact) mass is 341 g/mol. The van der Waals surface area contributed by atoms with Crippen LogP contribution in [0.25, 0.3) is 0 Å². The molecule has 0 radical (unpaired) electrons. The number of rotatable bonds is 7. The van der Waals surface area contributed by atoms with Crippen LogP contribution in [0.5, 0.6) is 0 Å². The smallest absolute Gasteiger partial charge is 0.226 e. The third-order valence-corrected chi connectivity index (χ3v) is 4.97. The number of sulfonamides is 1. The Morgan fingerprint density at radius 1 is 1.26 bits per heavy atom. The number of hydrogen-bond acceptors (Lipinski definition) is 5. The van der Waals surface area contributed by atoms with Crippen LogP contribution in [0.3, 0.4) is 0 Å². The zero-order chi connectivity index (χ0) is 17.0. The Hall–Kier alpha value is -1.80. The molecule has 2 rings (SSSR count). The molecule has 126 valence electrons. The van der Waals surface area contributed by atoms with Gasteiger partial charge in [-0.3, -0.25) is 0 Å². The average molecular weight is 341 g/mol. The van der Waals surface area contributed by atoms with Gasteiger partial charge in [0.15, 0.2) is 5.82 Å². The van der Waals surface area contributed by atoms with E-state index in [1.54, 1.807) is 0 Å². The lowest BCUT2D eigenvalue weighted by Gasteiger charge is -2.15. The normalized spacial score (nSPS) is 12.3. The summed E-state index contributed by atoms with van der Waals surface area (Å²) in [5.74, 6) is 0.595. The van der Waals surface area contributed by atoms with Gasteiger partial charge in [0.2, 0.25) is 15.9 Å². The first-order valence-corrected chi connectivity index (χ1v) is 8.87. The first-order valence-electron chi connectivity index (χ1n) is 7.26. The molecule has 6 nitrogen and oxygen atoms in total. The molecule has 1 heterocycles. The molecule has 0 spiro atoms. The molecule has 0 saturated carbocycles. The standard InChI is InChI=1S/C15H20FN3O3S/c1-11(2)8-15-17-14(18-22-15)9-19(3)23(20,21)10-12-4-6-13(16)7-5-12/h4-7,11H,8-10H2,1-3H3. The van der Waals surface area contributed by atoms with E-state index in [1.807, 2.05) is 13.8 Å². The molecule has 0 aliphatic carbocycles. The number of hydrogen-bond donors (Lipinski definition) is 0. The minimum absolute atomic E-state index is 0.0329. The molecule has 0 amide bonds. The van der Waals surface area contributed by atoms with Crippen molar-refractivity contribution in [2.24, 2.45) is 5.92 Å². The molecular weight excluding hydrogens is 321 g/mol. The Morgan fingerprint density at radius 2 is 1.91 bits per heavy atom. The Labute approximate surface area is 135 Å². The maximum absolute atomic E-state index is 12.9. The van der Waals surface area contributed by atoms with E-state index in [0.717, 1.165) is 0 Å². The Kier molecular flexibility index (Phi) is 5.48. The van der Waals surface area contributed by atoms with E-state index in [0.29, 0.717) is 29.6 Å². The highest BCUT2D eigenvalue weighted by molar-refractivity contribution is 7.88. The molecule has 23 heavy (non-hydrogen) atoms. The molecule has 0 fully saturated rings. The zero-order valence-electron chi connectivity index (χ0n) is 13.4. The molecule has 0 unspecified atom stereocenters. The van der Waals surface area contributed by atoms with Crippen molar-refractivity contribution in [3.63, 3.8) is 0 Å². The average Bonchev–Trinajstić information content (AvgIpc) is 2.87. The number of aromatic nitrogens is 2. The highest BCUT2D eigenvalue weighted by Crippen LogP contribution is 2.13. The van der Waals surface area contributed by atoms with Crippen molar-refractivity contribution in [2.75, 3.05) is 7.05 Å². The van der Waals surface area contributed by atoms with Gasteiger partial charge in [-0.05, 0) is 23.6 Å². The SMILES string of the molecule is CC(C)Cc1nc(CN(C)S(=O)(=O)Cc2ccc(F)cc2)no1. The summed E-state index contributed by atoms with van der Waals surface area (Å²) in [5.41, 5.74) is 0.520. The fraction of sp³-hybridized carbons (Fsp3) is 0.467. The summed E-state index contributed by atoms with van der Waals surface area (Å²) in [6.45, 7) is 4.09. The fourth-order valence-corrected chi connectivity index (χ4v) is 3.13. The summed E-state index contributed by atoms with van der Waals surface area (Å²) < 4.78 is 43.8. The van der Waals surface area contributed by atoms with E-state index in [9.17, 15) is 12.8 Å². The van der Waals surface area contributed by atoms with Crippen molar-refractivity contribution in [1.82, 2.24) is 14.4 Å². The minimum atomic E-state index is -3.55. The van der Waals surface area contributed by atoms with Gasteiger partial charge in [0.05, 0.1) is 12.3 Å². The molecule has 0 aliphatic heterocycles. The van der Waals surface area contributed by atoms with Crippen molar-refractivity contribution >= 4 is 10.0 Å². The lowest BCUT2D eigenvalue weighted by atomic mass is 10.1. The van der Waals surface area contributed by atoms with Gasteiger partial charge in [0.25, 0.3) is 0 Å². The van der Waals surface area contributed by atoms with Crippen LogP contribution < -0.4 is 0 Å². The highest BCUT2D eigenvalue weighted by Gasteiger charge is 2.21. The van der Waals surface area contributed by atoms with E-state index in [4.69, 9.17) is 4.52 Å². The molecular formula is C15H20FN3O3S. The van der Waals surface area contributed by atoms with Crippen LogP contribution in [0.1, 0.15) is 31.1 Å². The lowest BCUT2D eigenvalue weighted by Crippen LogP contribution is -2.28. The van der Waals surface area contributed by atoms with E-state index in [-0.39, 0.29) is 12.3 Å². The van der Waals surface area contributed by atoms with Crippen LogP contribution in [0.4, 0.5) is 4.39 Å². The molecule has 0 bridgehead atoms. The third-order valence-electron chi connectivity index (χ3n) is 3.19. The number of benzene rings is 1. The molecule has 2 aromatic rings. The van der Waals surface area contributed by atoms with E-state index >= 15 is 0 Å². The molecule has 0 N–H and O–H groups in total. The van der Waals surface area contributed by atoms with Crippen molar-refractivity contribution in [1.29, 1.82) is 0 Å². The third kappa shape index (κ3) is 5.11. The second-order valence-electron chi connectivity index (χ2n) is 5.84. The van der Waals surface area contributed by atoms with Crippen LogP contribution in [0, 0.1) is 11.7 Å². The van der Waals surface area contributed by atoms with Gasteiger partial charge in [-0.2, -0.15) is 9.29 Å². The predicted molar refractivity (Wildman–Crippen MR) is 83.3 cm³/mol. The summed E-state index contributed by atoms with van der Waals surface area (Å²) in [4.78, 5) is 4.19. The summed E-state index contributed by atoms with van der Waals surface area (Å²) in [6.07, 6.45) is 0.652. The Bertz CT molecular complexity index is 742. The maximum atomic E-state index is 12.9. The van der Waals surface area contributed by atoms with Gasteiger partial charge in [-0.15, -0.1) is 0 Å². The van der Waals surface area contributed by atoms with Crippen LogP contribution in [0.15, 0.2) is 28.8 Å². The minimum Gasteiger partial charge on any atom is -0.339 e. The highest BCUT2D eigenvalue weighted by atomic mass is 32.2. The van der Waals surface area contributed by atoms with Crippen molar-refractivity contribution in [3.8, 4) is 0 Å². The second-order valence-corrected chi connectivity index (χ2v) is 7.92. The topological polar surface area (TPSA) is 76.3 Å². The van der Waals surface area contributed by atoms with Crippen LogP contribution in [-0.4, -0.2) is 29.9 Å². The van der Waals surface area contributed by atoms with Gasteiger partial charge < -0.3 is 4.52 Å². The largest absolute Gasteiger partial charge is 0.339 e. The van der Waals surface area contributed by atoms with Gasteiger partial charge >= 0.3 is 0 Å². The summed E-state index contributed by atoms with van der Waals surface area (Å²) in [5, 5.41) is 3.80. The van der Waals surface area contributed by atoms with Gasteiger partial charge in [-0.25, -0.2) is 12.8 Å². The second kappa shape index (κ2) is 7.18. The predicted octanol–water partition coefficient (Wildman–Crippen LogP) is 2.37. The Balaban J connectivity index is 2.02. The number of nitrogens with zero attached hydrogens (tertiary/aromatic N) is 3. The van der Waals surface area contributed by atoms with Crippen LogP contribution in [0.2, 0.25) is 0 Å². The van der Waals surface area contributed by atoms with Crippen LogP contribution >= 0.6 is 0 Å². The van der Waals surface area contributed by atoms with Gasteiger partial charge in [-0.1, -0.05) is 31.1 Å². The van der Waals surface area contributed by atoms with Gasteiger partial charge in [0, 0.05) is 13.5 Å². The maximum Gasteiger partial charge on any atom is 0.226 e. The zero-order valence-corrected chi connectivity index (χ0v) is 14.2. The quantitative estimate of drug-likeness (QED) is 0.773. The molecule has 8 heteroatoms. The van der Waals surface area contributed by atoms with E-state index in [1.165, 1.54) is 35.6 Å². The summed E-state index contributed by atoms with van der Waals surface area (Å²) >= 11 is 0. The first kappa shape index (κ1) is 17.6. The van der Waals surface area contributed by atoms with Crippen LogP contribution in [-0.2, 0) is 28.7 Å². The molecule has 0 atom stereocenters. The fourth-order valence-electron chi connectivity index (χ4n) is 1.99. The van der Waals surface area contributed by atoms with E-state index < -0.39 is 15.8 Å². The van der Waals surface area contributed by atoms with Crippen molar-refractivity contribution in [2.45, 2.75) is 32.6 Å². The van der Waals surface area contributed by atoms with Crippen molar-refractivity contribution < 1.29 is 17.3 Å².